The van der Waals surface area contributed by atoms with Gasteiger partial charge in [-0.1, -0.05) is 7.43 Å². The third-order valence-corrected chi connectivity index (χ3v) is 4.76. The average Bonchev–Trinajstić information content (AvgIpc) is 3.37. The van der Waals surface area contributed by atoms with Crippen molar-refractivity contribution in [2.24, 2.45) is 0 Å². The molecule has 0 radical (unpaired) electrons. The van der Waals surface area contributed by atoms with Crippen LogP contribution in [-0.4, -0.2) is 35.9 Å². The van der Waals surface area contributed by atoms with E-state index in [-0.39, 0.29) is 79.7 Å². The van der Waals surface area contributed by atoms with Crippen LogP contribution in [0.4, 0.5) is 5.69 Å². The zero-order chi connectivity index (χ0) is 27.5. The molecule has 39 heavy (non-hydrogen) atoms. The number of thiocarbonyl (C=S) groups is 1. The number of anilines is 1. The summed E-state index contributed by atoms with van der Waals surface area (Å²) >= 11 is 19.1. The molecule has 0 unspecified atom stereocenters. The predicted molar refractivity (Wildman–Crippen MR) is 160 cm³/mol. The van der Waals surface area contributed by atoms with E-state index in [4.69, 9.17) is 38.4 Å². The van der Waals surface area contributed by atoms with Crippen LogP contribution < -0.4 is 62.5 Å². The molecule has 204 valence electrons. The molecule has 15 heteroatoms. The molecule has 5 heterocycles. The minimum atomic E-state index is -0.119. The van der Waals surface area contributed by atoms with Gasteiger partial charge >= 0.3 is 51.4 Å². The van der Waals surface area contributed by atoms with E-state index < -0.39 is 0 Å². The van der Waals surface area contributed by atoms with E-state index in [0.717, 1.165) is 28.2 Å². The molecular weight excluding hydrogens is 607 g/mol. The molecule has 5 rings (SSSR count). The summed E-state index contributed by atoms with van der Waals surface area (Å²) in [5.41, 5.74) is 11.0. The van der Waals surface area contributed by atoms with Crippen LogP contribution in [0.2, 0.25) is 5.35 Å². The molecular formula is C24H28ClKN6O4S3. The molecule has 0 atom stereocenters. The Hall–Kier alpha value is -1.75. The van der Waals surface area contributed by atoms with E-state index in [1.54, 1.807) is 25.4 Å². The smallest absolute Gasteiger partial charge is 0.514 e. The second-order valence-electron chi connectivity index (χ2n) is 7.22. The van der Waals surface area contributed by atoms with Crippen molar-refractivity contribution in [1.82, 2.24) is 24.9 Å². The number of fused-ring (bicyclic) bond motifs is 2. The van der Waals surface area contributed by atoms with Gasteiger partial charge in [0.15, 0.2) is 11.2 Å². The first-order valence-electron chi connectivity index (χ1n) is 10.6. The maximum atomic E-state index is 10.7. The van der Waals surface area contributed by atoms with E-state index in [1.807, 2.05) is 26.8 Å². The normalized spacial score (nSPS) is 9.36. The Bertz CT molecular complexity index is 1600. The number of aryl methyl sites for hydroxylation is 3. The quantitative estimate of drug-likeness (QED) is 0.142. The van der Waals surface area contributed by atoms with Crippen LogP contribution in [0.15, 0.2) is 50.4 Å². The van der Waals surface area contributed by atoms with E-state index >= 15 is 0 Å². The van der Waals surface area contributed by atoms with Crippen LogP contribution in [0.5, 0.6) is 0 Å². The zero-order valence-electron chi connectivity index (χ0n) is 21.3. The summed E-state index contributed by atoms with van der Waals surface area (Å²) < 4.78 is 15.0. The molecule has 5 aromatic heterocycles. The maximum Gasteiger partial charge on any atom is 1.00 e. The zero-order valence-corrected chi connectivity index (χ0v) is 27.7. The first-order chi connectivity index (χ1) is 17.5. The molecule has 0 spiro atoms. The second kappa shape index (κ2) is 18.6. The topological polar surface area (TPSA) is 149 Å². The summed E-state index contributed by atoms with van der Waals surface area (Å²) in [6, 6.07) is 5.12. The molecule has 0 saturated carbocycles. The van der Waals surface area contributed by atoms with Crippen LogP contribution >= 0.6 is 36.0 Å². The van der Waals surface area contributed by atoms with Gasteiger partial charge in [-0.3, -0.25) is 14.8 Å². The Morgan fingerprint density at radius 1 is 1.13 bits per heavy atom. The number of nitrogens with two attached hydrogens (primary N) is 1. The van der Waals surface area contributed by atoms with Crippen LogP contribution in [0.25, 0.3) is 22.2 Å². The number of hydrogen-bond acceptors (Lipinski definition) is 11. The maximum absolute atomic E-state index is 10.7. The summed E-state index contributed by atoms with van der Waals surface area (Å²) in [4.78, 5) is 28.8. The minimum Gasteiger partial charge on any atom is -0.514 e. The Labute approximate surface area is 289 Å². The van der Waals surface area contributed by atoms with Gasteiger partial charge in [-0.15, -0.1) is 0 Å². The number of nitrogen functional groups attached to an aromatic ring is 1. The molecule has 0 saturated heterocycles. The fraction of sp³-hybridized carbons (Fsp3) is 0.250. The SMILES string of the molecule is C.CCOC(=S)[S-].Cc1cc(=O)c(N)c[nH]1.Cc1cc2oc(=S)[nH]c2cn1.Cc1cc2oc(Cl)nc2cn1.[K+]. The molecule has 0 aromatic carbocycles. The number of nitrogens with one attached hydrogen (secondary N) is 2. The molecule has 0 bridgehead atoms. The molecule has 10 nitrogen and oxygen atoms in total. The fourth-order valence-corrected chi connectivity index (χ4v) is 3.16. The van der Waals surface area contributed by atoms with E-state index in [0.29, 0.717) is 22.5 Å². The summed E-state index contributed by atoms with van der Waals surface area (Å²) in [5.74, 6) is 0. The van der Waals surface area contributed by atoms with Crippen molar-refractivity contribution in [3.63, 3.8) is 0 Å². The van der Waals surface area contributed by atoms with Gasteiger partial charge in [-0.25, -0.2) is 0 Å². The number of nitrogens with zero attached hydrogens (tertiary/aromatic N) is 3. The van der Waals surface area contributed by atoms with Gasteiger partial charge in [0.25, 0.3) is 10.2 Å². The molecule has 0 aliphatic heterocycles. The van der Waals surface area contributed by atoms with Gasteiger partial charge in [0, 0.05) is 45.9 Å². The largest absolute Gasteiger partial charge is 1.00 e. The van der Waals surface area contributed by atoms with Gasteiger partial charge in [0.05, 0.1) is 24.7 Å². The molecule has 4 N–H and O–H groups in total. The summed E-state index contributed by atoms with van der Waals surface area (Å²) in [5, 5.41) is 0.160. The predicted octanol–water partition coefficient (Wildman–Crippen LogP) is 3.14. The number of ether oxygens (including phenoxy) is 1. The third kappa shape index (κ3) is 13.4. The Balaban J connectivity index is 0.000000497. The molecule has 0 aliphatic carbocycles. The van der Waals surface area contributed by atoms with Crippen LogP contribution in [-0.2, 0) is 17.4 Å². The number of halogens is 1. The van der Waals surface area contributed by atoms with Crippen LogP contribution in [0, 0.1) is 25.6 Å². The summed E-state index contributed by atoms with van der Waals surface area (Å²) in [6.45, 7) is 8.03. The summed E-state index contributed by atoms with van der Waals surface area (Å²) in [7, 11) is 0. The van der Waals surface area contributed by atoms with E-state index in [2.05, 4.69) is 54.5 Å². The number of pyridine rings is 3. The van der Waals surface area contributed by atoms with Crippen molar-refractivity contribution in [1.29, 1.82) is 0 Å². The molecule has 0 fully saturated rings. The molecule has 0 aliphatic rings. The number of aromatic nitrogens is 5. The number of oxazole rings is 2. The van der Waals surface area contributed by atoms with Crippen molar-refractivity contribution < 1.29 is 65.0 Å². The number of H-pyrrole nitrogens is 2. The van der Waals surface area contributed by atoms with Crippen molar-refractivity contribution in [3.05, 3.63) is 74.3 Å². The summed E-state index contributed by atoms with van der Waals surface area (Å²) in [6.07, 6.45) is 4.85. The van der Waals surface area contributed by atoms with Gasteiger partial charge < -0.3 is 54.1 Å². The number of rotatable bonds is 1. The Morgan fingerprint density at radius 2 is 1.74 bits per heavy atom. The van der Waals surface area contributed by atoms with Crippen molar-refractivity contribution in [2.45, 2.75) is 35.1 Å². The Morgan fingerprint density at radius 3 is 2.28 bits per heavy atom. The fourth-order valence-electron chi connectivity index (χ4n) is 2.55. The first-order valence-corrected chi connectivity index (χ1v) is 12.2. The molecule has 5 aromatic rings. The second-order valence-corrected chi connectivity index (χ2v) is 8.91. The van der Waals surface area contributed by atoms with Gasteiger partial charge in [0.1, 0.15) is 11.0 Å². The van der Waals surface area contributed by atoms with E-state index in [1.165, 1.54) is 12.3 Å². The Kier molecular flexibility index (Phi) is 17.7. The van der Waals surface area contributed by atoms with Crippen molar-refractivity contribution in [3.8, 4) is 0 Å². The van der Waals surface area contributed by atoms with Gasteiger partial charge in [-0.05, 0) is 51.5 Å². The van der Waals surface area contributed by atoms with Crippen LogP contribution in [0.3, 0.4) is 0 Å². The van der Waals surface area contributed by atoms with Gasteiger partial charge in [0.2, 0.25) is 5.43 Å². The van der Waals surface area contributed by atoms with Crippen molar-refractivity contribution in [2.75, 3.05) is 12.3 Å². The monoisotopic (exact) mass is 634 g/mol. The standard InChI is InChI=1S/C7H5ClN2O.C7H6N2OS.C6H8N2O.C3H6OS2.CH4.K/c1-4-2-6-5(3-9-4)10-7(8)11-6;1-4-2-6-5(3-8-4)9-7(11)10-6;1-4-2-6(9)5(7)3-8-4;1-2-4-3(5)6;;/h2-3H,1H3;2-3H,1H3,(H,9,11);2-3H,7H2,1H3,(H,8,9);2H2,1H3,(H,5,6);1H4;/q;;;;;+1/p-1. The minimum absolute atomic E-state index is 0. The average molecular weight is 635 g/mol. The van der Waals surface area contributed by atoms with Gasteiger partial charge in [-0.2, -0.15) is 4.98 Å². The van der Waals surface area contributed by atoms with E-state index in [9.17, 15) is 4.79 Å². The molecule has 0 amide bonds. The third-order valence-electron chi connectivity index (χ3n) is 4.18. The number of aromatic amines is 2. The first kappa shape index (κ1) is 37.2. The van der Waals surface area contributed by atoms with Crippen LogP contribution in [0.1, 0.15) is 31.4 Å². The van der Waals surface area contributed by atoms with Crippen molar-refractivity contribution >= 4 is 80.9 Å². The number of hydrogen-bond donors (Lipinski definition) is 3.